The Kier molecular flexibility index (Phi) is 8.30. The lowest BCUT2D eigenvalue weighted by atomic mass is 10.0. The molecule has 0 radical (unpaired) electrons. The normalized spacial score (nSPS) is 11.3. The molecule has 2 rings (SSSR count). The standard InChI is InChI=1S/C22H33N3O2S/c1-15(2)11-25(22(26)23-17(5)6)12-18-14-28-21(24-18)13-27-20-10-8-7-9-19(20)16(3)4/h7-10,14-17H,11-13H2,1-6H3,(H,23,26). The predicted octanol–water partition coefficient (Wildman–Crippen LogP) is 5.42. The highest BCUT2D eigenvalue weighted by Crippen LogP contribution is 2.27. The maximum absolute atomic E-state index is 12.5. The second-order valence-corrected chi connectivity index (χ2v) is 9.03. The minimum atomic E-state index is -0.0413. The van der Waals surface area contributed by atoms with Crippen LogP contribution in [0.4, 0.5) is 4.79 Å². The van der Waals surface area contributed by atoms with E-state index in [1.54, 1.807) is 11.3 Å². The Bertz CT molecular complexity index is 756. The lowest BCUT2D eigenvalue weighted by molar-refractivity contribution is 0.184. The van der Waals surface area contributed by atoms with Crippen molar-refractivity contribution in [1.82, 2.24) is 15.2 Å². The molecule has 0 aliphatic heterocycles. The van der Waals surface area contributed by atoms with Crippen LogP contribution >= 0.6 is 11.3 Å². The van der Waals surface area contributed by atoms with Gasteiger partial charge in [0, 0.05) is 18.0 Å². The quantitative estimate of drug-likeness (QED) is 0.608. The Hall–Kier alpha value is -2.08. The molecule has 0 aliphatic rings. The minimum Gasteiger partial charge on any atom is -0.486 e. The summed E-state index contributed by atoms with van der Waals surface area (Å²) in [5, 5.41) is 5.91. The number of ether oxygens (including phenoxy) is 1. The first kappa shape index (κ1) is 22.2. The summed E-state index contributed by atoms with van der Waals surface area (Å²) in [6.45, 7) is 14.1. The summed E-state index contributed by atoms with van der Waals surface area (Å²) in [5.74, 6) is 1.71. The van der Waals surface area contributed by atoms with Gasteiger partial charge in [-0.05, 0) is 37.3 Å². The summed E-state index contributed by atoms with van der Waals surface area (Å²) in [6.07, 6.45) is 0. The van der Waals surface area contributed by atoms with Crippen molar-refractivity contribution in [1.29, 1.82) is 0 Å². The van der Waals surface area contributed by atoms with E-state index in [9.17, 15) is 4.79 Å². The van der Waals surface area contributed by atoms with E-state index in [4.69, 9.17) is 4.74 Å². The lowest BCUT2D eigenvalue weighted by Crippen LogP contribution is -2.44. The summed E-state index contributed by atoms with van der Waals surface area (Å²) in [7, 11) is 0. The smallest absolute Gasteiger partial charge is 0.317 e. The topological polar surface area (TPSA) is 54.5 Å². The third kappa shape index (κ3) is 6.82. The maximum Gasteiger partial charge on any atom is 0.317 e. The molecule has 28 heavy (non-hydrogen) atoms. The van der Waals surface area contributed by atoms with Crippen molar-refractivity contribution in [2.24, 2.45) is 5.92 Å². The van der Waals surface area contributed by atoms with Crippen LogP contribution in [0.5, 0.6) is 5.75 Å². The van der Waals surface area contributed by atoms with E-state index in [-0.39, 0.29) is 12.1 Å². The van der Waals surface area contributed by atoms with Crippen LogP contribution in [0.2, 0.25) is 0 Å². The number of carbonyl (C=O) groups excluding carboxylic acids is 1. The molecule has 0 atom stereocenters. The van der Waals surface area contributed by atoms with Crippen molar-refractivity contribution in [3.05, 3.63) is 45.9 Å². The molecule has 0 saturated carbocycles. The average molecular weight is 404 g/mol. The molecule has 0 saturated heterocycles. The van der Waals surface area contributed by atoms with Crippen molar-refractivity contribution in [3.8, 4) is 5.75 Å². The summed E-state index contributed by atoms with van der Waals surface area (Å²) < 4.78 is 6.02. The number of thiazole rings is 1. The van der Waals surface area contributed by atoms with Gasteiger partial charge in [-0.25, -0.2) is 9.78 Å². The second-order valence-electron chi connectivity index (χ2n) is 8.09. The minimum absolute atomic E-state index is 0.0413. The van der Waals surface area contributed by atoms with Gasteiger partial charge in [0.15, 0.2) is 0 Å². The molecule has 1 aromatic heterocycles. The molecule has 2 aromatic rings. The zero-order valence-corrected chi connectivity index (χ0v) is 18.7. The molecular weight excluding hydrogens is 370 g/mol. The molecule has 154 valence electrons. The Morgan fingerprint density at radius 3 is 2.54 bits per heavy atom. The van der Waals surface area contributed by atoms with Crippen molar-refractivity contribution in [2.75, 3.05) is 6.54 Å². The molecule has 2 amide bonds. The summed E-state index contributed by atoms with van der Waals surface area (Å²) in [5.41, 5.74) is 2.10. The van der Waals surface area contributed by atoms with Crippen LogP contribution < -0.4 is 10.1 Å². The number of para-hydroxylation sites is 1. The van der Waals surface area contributed by atoms with Crippen LogP contribution in [0.1, 0.15) is 63.7 Å². The fourth-order valence-corrected chi connectivity index (χ4v) is 3.61. The third-order valence-electron chi connectivity index (χ3n) is 4.13. The largest absolute Gasteiger partial charge is 0.486 e. The second kappa shape index (κ2) is 10.5. The third-order valence-corrected chi connectivity index (χ3v) is 5.00. The number of amides is 2. The number of hydrogen-bond acceptors (Lipinski definition) is 4. The number of aromatic nitrogens is 1. The van der Waals surface area contributed by atoms with Gasteiger partial charge in [0.1, 0.15) is 17.4 Å². The van der Waals surface area contributed by atoms with Crippen molar-refractivity contribution in [2.45, 2.75) is 66.7 Å². The van der Waals surface area contributed by atoms with Gasteiger partial charge in [0.05, 0.1) is 12.2 Å². The Balaban J connectivity index is 2.01. The van der Waals surface area contributed by atoms with Crippen LogP contribution in [0, 0.1) is 5.92 Å². The van der Waals surface area contributed by atoms with Crippen molar-refractivity contribution in [3.63, 3.8) is 0 Å². The Morgan fingerprint density at radius 1 is 1.18 bits per heavy atom. The molecule has 1 aromatic carbocycles. The van der Waals surface area contributed by atoms with Gasteiger partial charge in [0.2, 0.25) is 0 Å². The molecule has 0 fully saturated rings. The number of benzene rings is 1. The van der Waals surface area contributed by atoms with Crippen molar-refractivity contribution < 1.29 is 9.53 Å². The zero-order chi connectivity index (χ0) is 20.7. The summed E-state index contributed by atoms with van der Waals surface area (Å²) in [6, 6.07) is 8.21. The van der Waals surface area contributed by atoms with Gasteiger partial charge in [-0.2, -0.15) is 0 Å². The first-order chi connectivity index (χ1) is 13.3. The zero-order valence-electron chi connectivity index (χ0n) is 17.9. The monoisotopic (exact) mass is 403 g/mol. The van der Waals surface area contributed by atoms with Crippen molar-refractivity contribution >= 4 is 17.4 Å². The first-order valence-electron chi connectivity index (χ1n) is 9.96. The fourth-order valence-electron chi connectivity index (χ4n) is 2.91. The average Bonchev–Trinajstić information content (AvgIpc) is 3.06. The molecular formula is C22H33N3O2S. The Labute approximate surface area is 173 Å². The summed E-state index contributed by atoms with van der Waals surface area (Å²) in [4.78, 5) is 19.0. The molecule has 0 aliphatic carbocycles. The first-order valence-corrected chi connectivity index (χ1v) is 10.8. The number of hydrogen-bond donors (Lipinski definition) is 1. The molecule has 5 nitrogen and oxygen atoms in total. The lowest BCUT2D eigenvalue weighted by Gasteiger charge is -2.25. The predicted molar refractivity (Wildman–Crippen MR) is 116 cm³/mol. The van der Waals surface area contributed by atoms with Gasteiger partial charge >= 0.3 is 6.03 Å². The van der Waals surface area contributed by atoms with Gasteiger partial charge in [-0.1, -0.05) is 45.9 Å². The van der Waals surface area contributed by atoms with Crippen LogP contribution in [-0.2, 0) is 13.2 Å². The van der Waals surface area contributed by atoms with Gasteiger partial charge in [0.25, 0.3) is 0 Å². The number of urea groups is 1. The number of nitrogens with one attached hydrogen (secondary N) is 1. The highest BCUT2D eigenvalue weighted by molar-refractivity contribution is 7.09. The number of rotatable bonds is 9. The van der Waals surface area contributed by atoms with Crippen LogP contribution in [0.15, 0.2) is 29.6 Å². The van der Waals surface area contributed by atoms with E-state index in [2.05, 4.69) is 44.1 Å². The molecule has 1 heterocycles. The highest BCUT2D eigenvalue weighted by Gasteiger charge is 2.18. The summed E-state index contributed by atoms with van der Waals surface area (Å²) >= 11 is 1.58. The molecule has 0 spiro atoms. The van der Waals surface area contributed by atoms with E-state index in [0.29, 0.717) is 31.5 Å². The van der Waals surface area contributed by atoms with E-state index < -0.39 is 0 Å². The van der Waals surface area contributed by atoms with Gasteiger partial charge < -0.3 is 15.0 Å². The van der Waals surface area contributed by atoms with Crippen LogP contribution in [0.25, 0.3) is 0 Å². The number of carbonyl (C=O) groups is 1. The van der Waals surface area contributed by atoms with Crippen LogP contribution in [0.3, 0.4) is 0 Å². The Morgan fingerprint density at radius 2 is 1.89 bits per heavy atom. The fraction of sp³-hybridized carbons (Fsp3) is 0.545. The van der Waals surface area contributed by atoms with Crippen LogP contribution in [-0.4, -0.2) is 28.5 Å². The van der Waals surface area contributed by atoms with E-state index in [1.165, 1.54) is 5.56 Å². The maximum atomic E-state index is 12.5. The van der Waals surface area contributed by atoms with E-state index in [1.807, 2.05) is 42.3 Å². The molecule has 6 heteroatoms. The van der Waals surface area contributed by atoms with Gasteiger partial charge in [-0.15, -0.1) is 11.3 Å². The van der Waals surface area contributed by atoms with Gasteiger partial charge in [-0.3, -0.25) is 0 Å². The van der Waals surface area contributed by atoms with E-state index >= 15 is 0 Å². The SMILES string of the molecule is CC(C)CN(Cc1csc(COc2ccccc2C(C)C)n1)C(=O)NC(C)C. The molecule has 0 unspecified atom stereocenters. The van der Waals surface area contributed by atoms with E-state index in [0.717, 1.165) is 16.5 Å². The number of nitrogens with zero attached hydrogens (tertiary/aromatic N) is 2. The molecule has 1 N–H and O–H groups in total. The molecule has 0 bridgehead atoms. The highest BCUT2D eigenvalue weighted by atomic mass is 32.1.